The quantitative estimate of drug-likeness (QED) is 0.797. The van der Waals surface area contributed by atoms with E-state index in [-0.39, 0.29) is 11.5 Å². The first-order chi connectivity index (χ1) is 9.06. The summed E-state index contributed by atoms with van der Waals surface area (Å²) in [5, 5.41) is 0. The second-order valence-electron chi connectivity index (χ2n) is 4.24. The maximum atomic E-state index is 12.1. The standard InChI is InChI=1S/C15H13BrO2S/c1-11-5-7-14(8-6-11)19(18)10-15(17)12-3-2-4-13(16)9-12/h2-9H,10H2,1H3. The first-order valence-electron chi connectivity index (χ1n) is 5.80. The van der Waals surface area contributed by atoms with Crippen molar-refractivity contribution in [3.05, 3.63) is 64.1 Å². The van der Waals surface area contributed by atoms with E-state index in [1.807, 2.05) is 25.1 Å². The third-order valence-corrected chi connectivity index (χ3v) is 4.51. The highest BCUT2D eigenvalue weighted by atomic mass is 79.9. The summed E-state index contributed by atoms with van der Waals surface area (Å²) < 4.78 is 12.9. The fourth-order valence-electron chi connectivity index (χ4n) is 1.64. The molecule has 0 saturated carbocycles. The van der Waals surface area contributed by atoms with E-state index in [0.29, 0.717) is 10.5 Å². The Morgan fingerprint density at radius 1 is 1.16 bits per heavy atom. The minimum absolute atomic E-state index is 0.0134. The normalized spacial score (nSPS) is 12.1. The molecule has 0 bridgehead atoms. The van der Waals surface area contributed by atoms with Crippen molar-refractivity contribution in [2.45, 2.75) is 11.8 Å². The van der Waals surface area contributed by atoms with Gasteiger partial charge in [0.2, 0.25) is 0 Å². The number of Topliss-reactive ketones (excluding diaryl/α,β-unsaturated/α-hetero) is 1. The average molecular weight is 337 g/mol. The molecule has 0 aliphatic rings. The van der Waals surface area contributed by atoms with Gasteiger partial charge in [-0.1, -0.05) is 45.8 Å². The molecule has 4 heteroatoms. The Morgan fingerprint density at radius 3 is 2.47 bits per heavy atom. The van der Waals surface area contributed by atoms with Crippen molar-refractivity contribution < 1.29 is 9.00 Å². The van der Waals surface area contributed by atoms with Crippen molar-refractivity contribution in [3.63, 3.8) is 0 Å². The summed E-state index contributed by atoms with van der Waals surface area (Å²) in [7, 11) is -1.29. The van der Waals surface area contributed by atoms with Crippen LogP contribution in [0.2, 0.25) is 0 Å². The van der Waals surface area contributed by atoms with Crippen molar-refractivity contribution in [2.75, 3.05) is 5.75 Å². The number of benzene rings is 2. The summed E-state index contributed by atoms with van der Waals surface area (Å²) in [6, 6.07) is 14.5. The predicted octanol–water partition coefficient (Wildman–Crippen LogP) is 3.75. The summed E-state index contributed by atoms with van der Waals surface area (Å²) in [5.74, 6) is -0.0975. The molecule has 2 rings (SSSR count). The van der Waals surface area contributed by atoms with Gasteiger partial charge in [-0.3, -0.25) is 9.00 Å². The lowest BCUT2D eigenvalue weighted by Crippen LogP contribution is -2.11. The first kappa shape index (κ1) is 14.2. The minimum Gasteiger partial charge on any atom is -0.293 e. The van der Waals surface area contributed by atoms with Gasteiger partial charge in [-0.25, -0.2) is 0 Å². The van der Waals surface area contributed by atoms with Crippen LogP contribution in [0, 0.1) is 6.92 Å². The number of carbonyl (C=O) groups is 1. The van der Waals surface area contributed by atoms with Gasteiger partial charge in [-0.2, -0.15) is 0 Å². The van der Waals surface area contributed by atoms with Crippen LogP contribution in [0.4, 0.5) is 0 Å². The van der Waals surface area contributed by atoms with Gasteiger partial charge in [0.25, 0.3) is 0 Å². The fraction of sp³-hybridized carbons (Fsp3) is 0.133. The molecule has 0 N–H and O–H groups in total. The maximum Gasteiger partial charge on any atom is 0.175 e. The molecular weight excluding hydrogens is 324 g/mol. The largest absolute Gasteiger partial charge is 0.293 e. The molecule has 2 aromatic carbocycles. The number of carbonyl (C=O) groups excluding carboxylic acids is 1. The highest BCUT2D eigenvalue weighted by Crippen LogP contribution is 2.14. The monoisotopic (exact) mass is 336 g/mol. The van der Waals surface area contributed by atoms with Gasteiger partial charge in [0.15, 0.2) is 5.78 Å². The van der Waals surface area contributed by atoms with Crippen molar-refractivity contribution in [3.8, 4) is 0 Å². The Hall–Kier alpha value is -1.26. The Morgan fingerprint density at radius 2 is 1.84 bits per heavy atom. The minimum atomic E-state index is -1.29. The van der Waals surface area contributed by atoms with Crippen LogP contribution in [-0.4, -0.2) is 15.7 Å². The molecular formula is C15H13BrO2S. The Balaban J connectivity index is 2.11. The van der Waals surface area contributed by atoms with Gasteiger partial charge in [0.05, 0.1) is 16.6 Å². The summed E-state index contributed by atoms with van der Waals surface area (Å²) >= 11 is 3.32. The SMILES string of the molecule is Cc1ccc(S(=O)CC(=O)c2cccc(Br)c2)cc1. The van der Waals surface area contributed by atoms with Crippen LogP contribution in [-0.2, 0) is 10.8 Å². The van der Waals surface area contributed by atoms with E-state index in [2.05, 4.69) is 15.9 Å². The van der Waals surface area contributed by atoms with Gasteiger partial charge in [0.1, 0.15) is 0 Å². The van der Waals surface area contributed by atoms with Crippen LogP contribution >= 0.6 is 15.9 Å². The number of hydrogen-bond donors (Lipinski definition) is 0. The molecule has 0 aliphatic carbocycles. The van der Waals surface area contributed by atoms with E-state index < -0.39 is 10.8 Å². The lowest BCUT2D eigenvalue weighted by atomic mass is 10.2. The van der Waals surface area contributed by atoms with Crippen LogP contribution in [0.5, 0.6) is 0 Å². The third kappa shape index (κ3) is 3.85. The molecule has 0 fully saturated rings. The number of rotatable bonds is 4. The van der Waals surface area contributed by atoms with Crippen molar-refractivity contribution >= 4 is 32.5 Å². The molecule has 2 aromatic rings. The van der Waals surface area contributed by atoms with Gasteiger partial charge in [0, 0.05) is 14.9 Å². The molecule has 0 aliphatic heterocycles. The van der Waals surface area contributed by atoms with Crippen molar-refractivity contribution in [2.24, 2.45) is 0 Å². The zero-order valence-electron chi connectivity index (χ0n) is 10.4. The molecule has 19 heavy (non-hydrogen) atoms. The van der Waals surface area contributed by atoms with Gasteiger partial charge < -0.3 is 0 Å². The molecule has 0 aromatic heterocycles. The molecule has 2 nitrogen and oxygen atoms in total. The fourth-order valence-corrected chi connectivity index (χ4v) is 3.05. The molecule has 0 heterocycles. The summed E-state index contributed by atoms with van der Waals surface area (Å²) in [6.07, 6.45) is 0. The van der Waals surface area contributed by atoms with Crippen LogP contribution in [0.1, 0.15) is 15.9 Å². The Bertz CT molecular complexity index is 620. The number of ketones is 1. The second-order valence-corrected chi connectivity index (χ2v) is 6.60. The Kier molecular flexibility index (Phi) is 4.66. The van der Waals surface area contributed by atoms with Crippen molar-refractivity contribution in [1.29, 1.82) is 0 Å². The smallest absolute Gasteiger partial charge is 0.175 e. The maximum absolute atomic E-state index is 12.1. The zero-order chi connectivity index (χ0) is 13.8. The van der Waals surface area contributed by atoms with Crippen LogP contribution in [0.15, 0.2) is 57.9 Å². The van der Waals surface area contributed by atoms with Crippen LogP contribution in [0.25, 0.3) is 0 Å². The molecule has 0 amide bonds. The van der Waals surface area contributed by atoms with Gasteiger partial charge >= 0.3 is 0 Å². The van der Waals surface area contributed by atoms with E-state index in [0.717, 1.165) is 10.0 Å². The van der Waals surface area contributed by atoms with E-state index in [1.54, 1.807) is 30.3 Å². The number of aryl methyl sites for hydroxylation is 1. The molecule has 1 unspecified atom stereocenters. The Labute approximate surface area is 123 Å². The lowest BCUT2D eigenvalue weighted by Gasteiger charge is -2.03. The highest BCUT2D eigenvalue weighted by Gasteiger charge is 2.12. The van der Waals surface area contributed by atoms with E-state index >= 15 is 0 Å². The number of hydrogen-bond acceptors (Lipinski definition) is 2. The first-order valence-corrected chi connectivity index (χ1v) is 7.91. The second kappa shape index (κ2) is 6.26. The van der Waals surface area contributed by atoms with E-state index in [1.165, 1.54) is 0 Å². The summed E-state index contributed by atoms with van der Waals surface area (Å²) in [6.45, 7) is 1.97. The average Bonchev–Trinajstić information content (AvgIpc) is 2.39. The van der Waals surface area contributed by atoms with Gasteiger partial charge in [-0.05, 0) is 31.2 Å². The molecule has 0 spiro atoms. The summed E-state index contributed by atoms with van der Waals surface area (Å²) in [4.78, 5) is 12.7. The van der Waals surface area contributed by atoms with E-state index in [4.69, 9.17) is 0 Å². The highest BCUT2D eigenvalue weighted by molar-refractivity contribution is 9.10. The third-order valence-electron chi connectivity index (χ3n) is 2.69. The van der Waals surface area contributed by atoms with Crippen molar-refractivity contribution in [1.82, 2.24) is 0 Å². The predicted molar refractivity (Wildman–Crippen MR) is 80.9 cm³/mol. The van der Waals surface area contributed by atoms with Gasteiger partial charge in [-0.15, -0.1) is 0 Å². The van der Waals surface area contributed by atoms with Crippen LogP contribution < -0.4 is 0 Å². The molecule has 1 atom stereocenters. The zero-order valence-corrected chi connectivity index (χ0v) is 12.8. The molecule has 0 saturated heterocycles. The topological polar surface area (TPSA) is 34.1 Å². The lowest BCUT2D eigenvalue weighted by molar-refractivity contribution is 0.102. The van der Waals surface area contributed by atoms with E-state index in [9.17, 15) is 9.00 Å². The summed E-state index contributed by atoms with van der Waals surface area (Å²) in [5.41, 5.74) is 1.69. The van der Waals surface area contributed by atoms with Crippen LogP contribution in [0.3, 0.4) is 0 Å². The molecule has 98 valence electrons. The molecule has 0 radical (unpaired) electrons. The number of halogens is 1.